The number of benzene rings is 3. The number of amides is 2. The molecular weight excluding hydrogens is 601 g/mol. The zero-order valence-corrected chi connectivity index (χ0v) is 24.1. The maximum atomic E-state index is 13.7. The number of anilines is 1. The van der Waals surface area contributed by atoms with Crippen molar-refractivity contribution in [2.45, 2.75) is 31.3 Å². The third-order valence-corrected chi connectivity index (χ3v) is 8.64. The number of likely N-dealkylation sites (N-methyl/N-ethyl adjacent to an activating group) is 1. The summed E-state index contributed by atoms with van der Waals surface area (Å²) in [7, 11) is -4.17. The Morgan fingerprint density at radius 2 is 1.62 bits per heavy atom. The number of halogens is 3. The van der Waals surface area contributed by atoms with E-state index in [4.69, 9.17) is 23.2 Å². The Bertz CT molecular complexity index is 1360. The Labute approximate surface area is 235 Å². The van der Waals surface area contributed by atoms with Gasteiger partial charge in [-0.25, -0.2) is 8.42 Å². The van der Waals surface area contributed by atoms with Gasteiger partial charge in [-0.3, -0.25) is 13.9 Å². The maximum absolute atomic E-state index is 13.7. The number of sulfonamides is 1. The molecule has 1 unspecified atom stereocenters. The second kappa shape index (κ2) is 12.8. The quantitative estimate of drug-likeness (QED) is 0.322. The molecule has 0 saturated heterocycles. The Hall–Kier alpha value is -2.59. The zero-order valence-electron chi connectivity index (χ0n) is 20.2. The van der Waals surface area contributed by atoms with Crippen molar-refractivity contribution < 1.29 is 18.0 Å². The van der Waals surface area contributed by atoms with Crippen LogP contribution in [0.1, 0.15) is 19.4 Å². The fourth-order valence-electron chi connectivity index (χ4n) is 3.58. The average molecular weight is 627 g/mol. The van der Waals surface area contributed by atoms with E-state index in [2.05, 4.69) is 21.2 Å². The number of nitrogens with one attached hydrogen (secondary N) is 1. The normalized spacial score (nSPS) is 12.0. The van der Waals surface area contributed by atoms with Gasteiger partial charge in [-0.1, -0.05) is 69.5 Å². The fraction of sp³-hybridized carbons (Fsp3) is 0.231. The third kappa shape index (κ3) is 7.25. The minimum Gasteiger partial charge on any atom is -0.355 e. The van der Waals surface area contributed by atoms with Crippen LogP contribution in [0.15, 0.2) is 82.2 Å². The van der Waals surface area contributed by atoms with E-state index in [0.717, 1.165) is 14.3 Å². The molecule has 0 aliphatic carbocycles. The Kier molecular flexibility index (Phi) is 10.0. The van der Waals surface area contributed by atoms with Gasteiger partial charge >= 0.3 is 0 Å². The van der Waals surface area contributed by atoms with Gasteiger partial charge in [0.2, 0.25) is 11.8 Å². The number of carbonyl (C=O) groups excluding carboxylic acids is 2. The molecule has 0 saturated carbocycles. The first-order chi connectivity index (χ1) is 17.5. The van der Waals surface area contributed by atoms with Gasteiger partial charge in [0.1, 0.15) is 12.6 Å². The monoisotopic (exact) mass is 625 g/mol. The van der Waals surface area contributed by atoms with E-state index in [0.29, 0.717) is 6.54 Å². The molecule has 3 aromatic rings. The Balaban J connectivity index is 2.03. The molecule has 3 rings (SSSR count). The highest BCUT2D eigenvalue weighted by molar-refractivity contribution is 9.10. The third-order valence-electron chi connectivity index (χ3n) is 5.59. The molecule has 0 fully saturated rings. The second-order valence-corrected chi connectivity index (χ2v) is 11.7. The van der Waals surface area contributed by atoms with E-state index < -0.39 is 28.5 Å². The lowest BCUT2D eigenvalue weighted by atomic mass is 10.1. The molecule has 0 spiro atoms. The lowest BCUT2D eigenvalue weighted by molar-refractivity contribution is -0.139. The van der Waals surface area contributed by atoms with Gasteiger partial charge in [-0.2, -0.15) is 0 Å². The van der Waals surface area contributed by atoms with Gasteiger partial charge in [-0.05, 0) is 61.9 Å². The molecule has 0 aliphatic heterocycles. The summed E-state index contributed by atoms with van der Waals surface area (Å²) in [6, 6.07) is 18.6. The lowest BCUT2D eigenvalue weighted by Crippen LogP contribution is -2.51. The Morgan fingerprint density at radius 1 is 0.973 bits per heavy atom. The zero-order chi connectivity index (χ0) is 27.2. The van der Waals surface area contributed by atoms with Gasteiger partial charge in [0.15, 0.2) is 0 Å². The van der Waals surface area contributed by atoms with Crippen molar-refractivity contribution in [3.05, 3.63) is 92.9 Å². The van der Waals surface area contributed by atoms with E-state index in [1.165, 1.54) is 35.2 Å². The second-order valence-electron chi connectivity index (χ2n) is 8.14. The molecule has 2 amide bonds. The molecule has 37 heavy (non-hydrogen) atoms. The van der Waals surface area contributed by atoms with Crippen molar-refractivity contribution in [2.75, 3.05) is 17.4 Å². The van der Waals surface area contributed by atoms with E-state index in [1.54, 1.807) is 32.0 Å². The van der Waals surface area contributed by atoms with Crippen molar-refractivity contribution in [1.29, 1.82) is 0 Å². The first kappa shape index (κ1) is 29.0. The summed E-state index contributed by atoms with van der Waals surface area (Å²) in [5.74, 6) is -0.910. The SMILES string of the molecule is CCNC(=O)C(C)N(Cc1ccc(Br)cc1)C(=O)CN(c1ccc(Cl)c(Cl)c1)S(=O)(=O)c1ccccc1. The van der Waals surface area contributed by atoms with Gasteiger partial charge in [0.25, 0.3) is 10.0 Å². The molecule has 0 heterocycles. The molecule has 0 aliphatic rings. The van der Waals surface area contributed by atoms with Crippen molar-refractivity contribution in [1.82, 2.24) is 10.2 Å². The predicted molar refractivity (Wildman–Crippen MR) is 150 cm³/mol. The van der Waals surface area contributed by atoms with E-state index >= 15 is 0 Å². The van der Waals surface area contributed by atoms with Gasteiger partial charge in [0, 0.05) is 17.6 Å². The van der Waals surface area contributed by atoms with Gasteiger partial charge in [-0.15, -0.1) is 0 Å². The van der Waals surface area contributed by atoms with Crippen LogP contribution in [0.2, 0.25) is 10.0 Å². The molecule has 1 N–H and O–H groups in total. The Morgan fingerprint density at radius 3 is 2.22 bits per heavy atom. The molecule has 0 radical (unpaired) electrons. The van der Waals surface area contributed by atoms with Gasteiger partial charge < -0.3 is 10.2 Å². The minimum absolute atomic E-state index is 0.00473. The number of carbonyl (C=O) groups is 2. The summed E-state index contributed by atoms with van der Waals surface area (Å²) in [5, 5.41) is 3.11. The summed E-state index contributed by atoms with van der Waals surface area (Å²) in [4.78, 5) is 27.8. The molecule has 11 heteroatoms. The predicted octanol–water partition coefficient (Wildman–Crippen LogP) is 5.50. The van der Waals surface area contributed by atoms with Crippen LogP contribution in [0.25, 0.3) is 0 Å². The first-order valence-electron chi connectivity index (χ1n) is 11.4. The average Bonchev–Trinajstić information content (AvgIpc) is 2.88. The molecule has 3 aromatic carbocycles. The van der Waals surface area contributed by atoms with Crippen LogP contribution in [0.5, 0.6) is 0 Å². The largest absolute Gasteiger partial charge is 0.355 e. The highest BCUT2D eigenvalue weighted by atomic mass is 79.9. The van der Waals surface area contributed by atoms with Crippen molar-refractivity contribution in [2.24, 2.45) is 0 Å². The molecule has 0 bridgehead atoms. The van der Waals surface area contributed by atoms with Crippen LogP contribution < -0.4 is 9.62 Å². The molecule has 7 nitrogen and oxygen atoms in total. The maximum Gasteiger partial charge on any atom is 0.264 e. The summed E-state index contributed by atoms with van der Waals surface area (Å²) in [6.07, 6.45) is 0. The van der Waals surface area contributed by atoms with E-state index in [-0.39, 0.29) is 33.1 Å². The number of nitrogens with zero attached hydrogens (tertiary/aromatic N) is 2. The van der Waals surface area contributed by atoms with Crippen LogP contribution in [-0.4, -0.2) is 44.3 Å². The molecule has 1 atom stereocenters. The van der Waals surface area contributed by atoms with Crippen molar-refractivity contribution in [3.8, 4) is 0 Å². The summed E-state index contributed by atoms with van der Waals surface area (Å²) in [5.41, 5.74) is 0.945. The lowest BCUT2D eigenvalue weighted by Gasteiger charge is -2.32. The summed E-state index contributed by atoms with van der Waals surface area (Å²) in [6.45, 7) is 3.32. The van der Waals surface area contributed by atoms with Crippen molar-refractivity contribution >= 4 is 66.7 Å². The van der Waals surface area contributed by atoms with Crippen LogP contribution in [-0.2, 0) is 26.2 Å². The molecular formula is C26H26BrCl2N3O4S. The topological polar surface area (TPSA) is 86.8 Å². The first-order valence-corrected chi connectivity index (χ1v) is 14.4. The van der Waals surface area contributed by atoms with E-state index in [1.807, 2.05) is 24.3 Å². The summed E-state index contributed by atoms with van der Waals surface area (Å²) >= 11 is 15.6. The van der Waals surface area contributed by atoms with Crippen LogP contribution in [0.4, 0.5) is 5.69 Å². The van der Waals surface area contributed by atoms with Crippen molar-refractivity contribution in [3.63, 3.8) is 0 Å². The van der Waals surface area contributed by atoms with E-state index in [9.17, 15) is 18.0 Å². The fourth-order valence-corrected chi connectivity index (χ4v) is 5.56. The smallest absolute Gasteiger partial charge is 0.264 e. The van der Waals surface area contributed by atoms with Crippen LogP contribution in [0, 0.1) is 0 Å². The highest BCUT2D eigenvalue weighted by Crippen LogP contribution is 2.31. The highest BCUT2D eigenvalue weighted by Gasteiger charge is 2.32. The van der Waals surface area contributed by atoms with Gasteiger partial charge in [0.05, 0.1) is 20.6 Å². The van der Waals surface area contributed by atoms with Crippen LogP contribution >= 0.6 is 39.1 Å². The number of hydrogen-bond donors (Lipinski definition) is 1. The number of rotatable bonds is 10. The minimum atomic E-state index is -4.17. The van der Waals surface area contributed by atoms with Crippen LogP contribution in [0.3, 0.4) is 0 Å². The summed E-state index contributed by atoms with van der Waals surface area (Å²) < 4.78 is 29.2. The molecule has 0 aromatic heterocycles. The molecule has 196 valence electrons. The standard InChI is InChI=1S/C26H26BrCl2N3O4S/c1-3-30-26(34)18(2)31(16-19-9-11-20(27)12-10-19)25(33)17-32(21-13-14-23(28)24(29)15-21)37(35,36)22-7-5-4-6-8-22/h4-15,18H,3,16-17H2,1-2H3,(H,30,34). The number of hydrogen-bond acceptors (Lipinski definition) is 4.